The lowest BCUT2D eigenvalue weighted by Crippen LogP contribution is -2.44. The predicted octanol–water partition coefficient (Wildman–Crippen LogP) is 0.794. The summed E-state index contributed by atoms with van der Waals surface area (Å²) < 4.78 is 0. The molecule has 6 nitrogen and oxygen atoms in total. The monoisotopic (exact) mass is 261 g/mol. The van der Waals surface area contributed by atoms with Gasteiger partial charge in [0.15, 0.2) is 0 Å². The zero-order valence-electron chi connectivity index (χ0n) is 10.8. The van der Waals surface area contributed by atoms with Crippen LogP contribution < -0.4 is 10.6 Å². The fourth-order valence-corrected chi connectivity index (χ4v) is 2.10. The summed E-state index contributed by atoms with van der Waals surface area (Å²) in [5, 5.41) is 4.83. The molecule has 1 aromatic rings. The Morgan fingerprint density at radius 1 is 1.37 bits per heavy atom. The Kier molecular flexibility index (Phi) is 3.33. The number of rotatable bonds is 4. The summed E-state index contributed by atoms with van der Waals surface area (Å²) in [7, 11) is 0. The lowest BCUT2D eigenvalue weighted by Gasteiger charge is -2.25. The van der Waals surface area contributed by atoms with Crippen LogP contribution in [0.15, 0.2) is 18.3 Å². The number of ketones is 1. The summed E-state index contributed by atoms with van der Waals surface area (Å²) in [4.78, 5) is 38.8. The molecule has 1 aliphatic heterocycles. The molecule has 2 rings (SSSR count). The van der Waals surface area contributed by atoms with Gasteiger partial charge < -0.3 is 10.1 Å². The van der Waals surface area contributed by atoms with Crippen molar-refractivity contribution in [3.8, 4) is 0 Å². The van der Waals surface area contributed by atoms with Crippen LogP contribution in [0.25, 0.3) is 0 Å². The van der Waals surface area contributed by atoms with Gasteiger partial charge in [-0.05, 0) is 26.3 Å². The van der Waals surface area contributed by atoms with Crippen molar-refractivity contribution in [2.24, 2.45) is 0 Å². The highest BCUT2D eigenvalue weighted by molar-refractivity contribution is 6.07. The fraction of sp³-hybridized carbons (Fsp3) is 0.385. The third-order valence-electron chi connectivity index (χ3n) is 3.20. The molecule has 2 heterocycles. The molecule has 3 amide bonds. The molecule has 0 saturated carbocycles. The number of hydrogen-bond donors (Lipinski definition) is 2. The number of aromatic nitrogens is 1. The molecule has 0 bridgehead atoms. The Morgan fingerprint density at radius 3 is 2.58 bits per heavy atom. The maximum atomic E-state index is 12.1. The molecule has 0 aromatic carbocycles. The average molecular weight is 261 g/mol. The van der Waals surface area contributed by atoms with Crippen LogP contribution in [0.4, 0.5) is 4.79 Å². The number of carbonyl (C=O) groups excluding carboxylic acids is 3. The first-order valence-electron chi connectivity index (χ1n) is 6.00. The van der Waals surface area contributed by atoms with Crippen molar-refractivity contribution in [2.45, 2.75) is 32.2 Å². The molecule has 1 fully saturated rings. The molecule has 0 radical (unpaired) electrons. The minimum Gasteiger partial charge on any atom is -0.319 e. The van der Waals surface area contributed by atoms with Crippen LogP contribution in [0.2, 0.25) is 0 Å². The van der Waals surface area contributed by atoms with Gasteiger partial charge in [-0.25, -0.2) is 4.79 Å². The third kappa shape index (κ3) is 2.47. The molecule has 100 valence electrons. The van der Waals surface area contributed by atoms with Crippen LogP contribution in [-0.4, -0.2) is 22.7 Å². The van der Waals surface area contributed by atoms with Crippen molar-refractivity contribution >= 4 is 17.7 Å². The van der Waals surface area contributed by atoms with Crippen LogP contribution in [0, 0.1) is 6.92 Å². The number of hydrogen-bond acceptors (Lipinski definition) is 4. The number of urea groups is 1. The molecular weight excluding hydrogens is 246 g/mol. The van der Waals surface area contributed by atoms with Crippen molar-refractivity contribution in [1.82, 2.24) is 15.6 Å². The SMILES string of the molecule is CC(=O)CCC1(c2ccc(C)nc2)NC(=O)NC1=O. The molecule has 6 heteroatoms. The second-order valence-corrected chi connectivity index (χ2v) is 4.70. The van der Waals surface area contributed by atoms with Gasteiger partial charge in [-0.3, -0.25) is 15.1 Å². The van der Waals surface area contributed by atoms with E-state index in [0.717, 1.165) is 5.69 Å². The van der Waals surface area contributed by atoms with E-state index in [2.05, 4.69) is 15.6 Å². The summed E-state index contributed by atoms with van der Waals surface area (Å²) in [6.07, 6.45) is 1.99. The molecule has 1 aromatic heterocycles. The van der Waals surface area contributed by atoms with E-state index in [0.29, 0.717) is 5.56 Å². The van der Waals surface area contributed by atoms with Crippen molar-refractivity contribution in [1.29, 1.82) is 0 Å². The van der Waals surface area contributed by atoms with Crippen LogP contribution in [-0.2, 0) is 15.1 Å². The zero-order valence-corrected chi connectivity index (χ0v) is 10.8. The molecule has 0 aliphatic carbocycles. The van der Waals surface area contributed by atoms with Gasteiger partial charge in [0.2, 0.25) is 0 Å². The summed E-state index contributed by atoms with van der Waals surface area (Å²) in [6.45, 7) is 3.29. The van der Waals surface area contributed by atoms with E-state index in [1.54, 1.807) is 18.3 Å². The molecule has 1 aliphatic rings. The molecule has 0 spiro atoms. The number of nitrogens with zero attached hydrogens (tertiary/aromatic N) is 1. The van der Waals surface area contributed by atoms with Crippen LogP contribution in [0.3, 0.4) is 0 Å². The molecule has 2 N–H and O–H groups in total. The van der Waals surface area contributed by atoms with Crippen molar-refractivity contribution in [3.63, 3.8) is 0 Å². The number of nitrogens with one attached hydrogen (secondary N) is 2. The first-order chi connectivity index (χ1) is 8.94. The Morgan fingerprint density at radius 2 is 2.11 bits per heavy atom. The largest absolute Gasteiger partial charge is 0.322 e. The Hall–Kier alpha value is -2.24. The molecule has 1 saturated heterocycles. The normalized spacial score (nSPS) is 22.0. The molecule has 1 atom stereocenters. The van der Waals surface area contributed by atoms with E-state index in [1.807, 2.05) is 6.92 Å². The van der Waals surface area contributed by atoms with Crippen LogP contribution >= 0.6 is 0 Å². The Balaban J connectivity index is 2.39. The van der Waals surface area contributed by atoms with Gasteiger partial charge in [-0.2, -0.15) is 0 Å². The van der Waals surface area contributed by atoms with E-state index in [4.69, 9.17) is 0 Å². The standard InChI is InChI=1S/C13H15N3O3/c1-8-3-4-10(7-14-8)13(6-5-9(2)17)11(18)15-12(19)16-13/h3-4,7H,5-6H2,1-2H3,(H2,15,16,18,19). The number of aryl methyl sites for hydroxylation is 1. The van der Waals surface area contributed by atoms with E-state index in [-0.39, 0.29) is 18.6 Å². The highest BCUT2D eigenvalue weighted by Gasteiger charge is 2.47. The van der Waals surface area contributed by atoms with E-state index >= 15 is 0 Å². The number of carbonyl (C=O) groups is 3. The Bertz CT molecular complexity index is 539. The van der Waals surface area contributed by atoms with Gasteiger partial charge in [0.05, 0.1) is 0 Å². The lowest BCUT2D eigenvalue weighted by atomic mass is 9.85. The number of imide groups is 1. The smallest absolute Gasteiger partial charge is 0.319 e. The predicted molar refractivity (Wildman–Crippen MR) is 67.2 cm³/mol. The summed E-state index contributed by atoms with van der Waals surface area (Å²) in [5.74, 6) is -0.474. The van der Waals surface area contributed by atoms with Crippen molar-refractivity contribution in [2.75, 3.05) is 0 Å². The number of amides is 3. The maximum absolute atomic E-state index is 12.1. The third-order valence-corrected chi connectivity index (χ3v) is 3.20. The summed E-state index contributed by atoms with van der Waals surface area (Å²) in [5.41, 5.74) is 0.210. The topological polar surface area (TPSA) is 88.2 Å². The Labute approximate surface area is 110 Å². The minimum absolute atomic E-state index is 0.0339. The second-order valence-electron chi connectivity index (χ2n) is 4.70. The van der Waals surface area contributed by atoms with E-state index in [9.17, 15) is 14.4 Å². The van der Waals surface area contributed by atoms with Crippen LogP contribution in [0.5, 0.6) is 0 Å². The van der Waals surface area contributed by atoms with E-state index < -0.39 is 17.5 Å². The van der Waals surface area contributed by atoms with E-state index in [1.165, 1.54) is 6.92 Å². The van der Waals surface area contributed by atoms with Gasteiger partial charge in [-0.15, -0.1) is 0 Å². The first kappa shape index (κ1) is 13.2. The molecular formula is C13H15N3O3. The van der Waals surface area contributed by atoms with Gasteiger partial charge >= 0.3 is 6.03 Å². The fourth-order valence-electron chi connectivity index (χ4n) is 2.10. The average Bonchev–Trinajstić information content (AvgIpc) is 2.63. The molecule has 1 unspecified atom stereocenters. The van der Waals surface area contributed by atoms with Gasteiger partial charge in [0, 0.05) is 23.9 Å². The summed E-state index contributed by atoms with van der Waals surface area (Å²) >= 11 is 0. The quantitative estimate of drug-likeness (QED) is 0.784. The minimum atomic E-state index is -1.19. The van der Waals surface area contributed by atoms with Gasteiger partial charge in [0.25, 0.3) is 5.91 Å². The maximum Gasteiger partial charge on any atom is 0.322 e. The van der Waals surface area contributed by atoms with Gasteiger partial charge in [0.1, 0.15) is 11.3 Å². The second kappa shape index (κ2) is 4.79. The zero-order chi connectivity index (χ0) is 14.0. The lowest BCUT2D eigenvalue weighted by molar-refractivity contribution is -0.125. The molecule has 19 heavy (non-hydrogen) atoms. The van der Waals surface area contributed by atoms with Crippen LogP contribution in [0.1, 0.15) is 31.0 Å². The number of Topliss-reactive ketones (excluding diaryl/α,β-unsaturated/α-hetero) is 1. The summed E-state index contributed by atoms with van der Waals surface area (Å²) in [6, 6.07) is 2.96. The highest BCUT2D eigenvalue weighted by atomic mass is 16.2. The number of pyridine rings is 1. The van der Waals surface area contributed by atoms with Gasteiger partial charge in [-0.1, -0.05) is 6.07 Å². The van der Waals surface area contributed by atoms with Crippen molar-refractivity contribution < 1.29 is 14.4 Å². The highest BCUT2D eigenvalue weighted by Crippen LogP contribution is 2.29. The van der Waals surface area contributed by atoms with Crippen molar-refractivity contribution in [3.05, 3.63) is 29.6 Å². The first-order valence-corrected chi connectivity index (χ1v) is 6.00.